The van der Waals surface area contributed by atoms with Crippen molar-refractivity contribution in [1.82, 2.24) is 24.8 Å². The largest absolute Gasteiger partial charge is 0.496 e. The van der Waals surface area contributed by atoms with Gasteiger partial charge in [0.25, 0.3) is 5.91 Å². The van der Waals surface area contributed by atoms with E-state index < -0.39 is 0 Å². The Hall–Kier alpha value is -3.88. The minimum atomic E-state index is -0.175. The lowest BCUT2D eigenvalue weighted by molar-refractivity contribution is 0.0656. The lowest BCUT2D eigenvalue weighted by atomic mass is 9.98. The van der Waals surface area contributed by atoms with Gasteiger partial charge in [0.2, 0.25) is 5.76 Å². The van der Waals surface area contributed by atoms with Crippen molar-refractivity contribution in [2.75, 3.05) is 20.2 Å². The summed E-state index contributed by atoms with van der Waals surface area (Å²) in [5.41, 5.74) is 3.33. The van der Waals surface area contributed by atoms with Crippen molar-refractivity contribution in [2.24, 2.45) is 7.05 Å². The van der Waals surface area contributed by atoms with Crippen LogP contribution in [0.25, 0.3) is 11.3 Å². The van der Waals surface area contributed by atoms with Crippen LogP contribution in [0.15, 0.2) is 51.7 Å². The number of likely N-dealkylation sites (tertiary alicyclic amines) is 1. The molecule has 34 heavy (non-hydrogen) atoms. The zero-order valence-corrected chi connectivity index (χ0v) is 19.5. The Morgan fingerprint density at radius 2 is 2.15 bits per heavy atom. The highest BCUT2D eigenvalue weighted by molar-refractivity contribution is 5.92. The molecule has 1 aliphatic heterocycles. The molecule has 1 aliphatic rings. The number of oxazole rings is 1. The Labute approximate surface area is 197 Å². The van der Waals surface area contributed by atoms with Gasteiger partial charge in [0, 0.05) is 49.9 Å². The average molecular weight is 462 g/mol. The average Bonchev–Trinajstić information content (AvgIpc) is 3.59. The van der Waals surface area contributed by atoms with Gasteiger partial charge >= 0.3 is 0 Å². The molecule has 0 N–H and O–H groups in total. The van der Waals surface area contributed by atoms with Gasteiger partial charge in [-0.25, -0.2) is 4.98 Å². The molecule has 3 aromatic heterocycles. The highest BCUT2D eigenvalue weighted by atomic mass is 16.5. The number of carbonyl (C=O) groups is 1. The maximum Gasteiger partial charge on any atom is 0.292 e. The third kappa shape index (κ3) is 4.33. The Kier molecular flexibility index (Phi) is 5.91. The van der Waals surface area contributed by atoms with E-state index in [9.17, 15) is 4.79 Å². The fourth-order valence-electron chi connectivity index (χ4n) is 4.50. The summed E-state index contributed by atoms with van der Waals surface area (Å²) in [4.78, 5) is 19.4. The predicted molar refractivity (Wildman–Crippen MR) is 124 cm³/mol. The summed E-state index contributed by atoms with van der Waals surface area (Å²) < 4.78 is 18.6. The lowest BCUT2D eigenvalue weighted by Crippen LogP contribution is -2.39. The van der Waals surface area contributed by atoms with E-state index >= 15 is 0 Å². The lowest BCUT2D eigenvalue weighted by Gasteiger charge is -2.30. The van der Waals surface area contributed by atoms with Crippen LogP contribution in [-0.4, -0.2) is 50.9 Å². The molecule has 0 unspecified atom stereocenters. The van der Waals surface area contributed by atoms with Gasteiger partial charge in [-0.2, -0.15) is 5.10 Å². The van der Waals surface area contributed by atoms with Crippen LogP contribution in [0.2, 0.25) is 0 Å². The smallest absolute Gasteiger partial charge is 0.292 e. The molecule has 0 aliphatic carbocycles. The van der Waals surface area contributed by atoms with E-state index in [-0.39, 0.29) is 17.6 Å². The SMILES string of the molecule is COc1ccccc1Cc1cnc([C@H]2CCCN(C(=O)c3cc(-c4cn(C)nc4C)no3)C2)o1. The molecular weight excluding hydrogens is 434 g/mol. The quantitative estimate of drug-likeness (QED) is 0.428. The van der Waals surface area contributed by atoms with E-state index in [1.807, 2.05) is 44.4 Å². The molecule has 0 radical (unpaired) electrons. The van der Waals surface area contributed by atoms with Crippen molar-refractivity contribution in [2.45, 2.75) is 32.1 Å². The Bertz CT molecular complexity index is 1300. The topological polar surface area (TPSA) is 99.4 Å². The summed E-state index contributed by atoms with van der Waals surface area (Å²) in [5, 5.41) is 8.42. The number of benzene rings is 1. The van der Waals surface area contributed by atoms with Crippen molar-refractivity contribution in [3.05, 3.63) is 71.4 Å². The number of ether oxygens (including phenoxy) is 1. The van der Waals surface area contributed by atoms with Gasteiger partial charge in [-0.05, 0) is 25.8 Å². The predicted octanol–water partition coefficient (Wildman–Crippen LogP) is 3.99. The molecule has 9 nitrogen and oxygen atoms in total. The number of rotatable bonds is 6. The van der Waals surface area contributed by atoms with Gasteiger partial charge in [-0.1, -0.05) is 23.4 Å². The number of hydrogen-bond donors (Lipinski definition) is 0. The van der Waals surface area contributed by atoms with Crippen LogP contribution >= 0.6 is 0 Å². The summed E-state index contributed by atoms with van der Waals surface area (Å²) in [7, 11) is 3.51. The standard InChI is InChI=1S/C25H27N5O4/c1-16-20(15-29(2)27-16)21-12-23(34-28-21)25(31)30-10-6-8-18(14-30)24-26-13-19(33-24)11-17-7-4-5-9-22(17)32-3/h4-5,7,9,12-13,15,18H,6,8,10-11,14H2,1-3H3/t18-/m0/s1. The van der Waals surface area contributed by atoms with Crippen LogP contribution in [0.4, 0.5) is 0 Å². The molecule has 0 bridgehead atoms. The van der Waals surface area contributed by atoms with Gasteiger partial charge < -0.3 is 18.6 Å². The summed E-state index contributed by atoms with van der Waals surface area (Å²) in [5.74, 6) is 2.34. The van der Waals surface area contributed by atoms with Crippen LogP contribution < -0.4 is 4.74 Å². The number of para-hydroxylation sites is 1. The second kappa shape index (κ2) is 9.17. The summed E-state index contributed by atoms with van der Waals surface area (Å²) in [6, 6.07) is 9.55. The van der Waals surface area contributed by atoms with Crippen LogP contribution in [-0.2, 0) is 13.5 Å². The Morgan fingerprint density at radius 1 is 1.29 bits per heavy atom. The maximum atomic E-state index is 13.1. The molecular formula is C25H27N5O4. The summed E-state index contributed by atoms with van der Waals surface area (Å²) >= 11 is 0. The second-order valence-electron chi connectivity index (χ2n) is 8.62. The number of aromatic nitrogens is 4. The van der Waals surface area contributed by atoms with E-state index in [4.69, 9.17) is 13.7 Å². The molecule has 4 aromatic rings. The number of aryl methyl sites for hydroxylation is 2. The molecule has 0 saturated carbocycles. The van der Waals surface area contributed by atoms with Crippen molar-refractivity contribution in [3.63, 3.8) is 0 Å². The number of piperidine rings is 1. The molecule has 1 atom stereocenters. The first-order chi connectivity index (χ1) is 16.5. The number of nitrogens with zero attached hydrogens (tertiary/aromatic N) is 5. The van der Waals surface area contributed by atoms with E-state index in [2.05, 4.69) is 15.2 Å². The highest BCUT2D eigenvalue weighted by Gasteiger charge is 2.30. The third-order valence-corrected chi connectivity index (χ3v) is 6.20. The molecule has 1 saturated heterocycles. The molecule has 5 rings (SSSR count). The van der Waals surface area contributed by atoms with Crippen LogP contribution in [0.3, 0.4) is 0 Å². The zero-order valence-electron chi connectivity index (χ0n) is 19.5. The van der Waals surface area contributed by atoms with Crippen LogP contribution in [0.1, 0.15) is 52.2 Å². The van der Waals surface area contributed by atoms with Gasteiger partial charge in [0.1, 0.15) is 17.2 Å². The summed E-state index contributed by atoms with van der Waals surface area (Å²) in [6.45, 7) is 3.08. The first-order valence-electron chi connectivity index (χ1n) is 11.3. The molecule has 1 fully saturated rings. The fourth-order valence-corrected chi connectivity index (χ4v) is 4.50. The first kappa shape index (κ1) is 21.9. The second-order valence-corrected chi connectivity index (χ2v) is 8.62. The highest BCUT2D eigenvalue weighted by Crippen LogP contribution is 2.30. The number of hydrogen-bond acceptors (Lipinski definition) is 7. The van der Waals surface area contributed by atoms with Crippen molar-refractivity contribution >= 4 is 5.91 Å². The molecule has 1 amide bonds. The van der Waals surface area contributed by atoms with E-state index in [0.29, 0.717) is 31.1 Å². The number of amides is 1. The summed E-state index contributed by atoms with van der Waals surface area (Å²) in [6.07, 6.45) is 6.00. The molecule has 176 valence electrons. The number of carbonyl (C=O) groups excluding carboxylic acids is 1. The maximum absolute atomic E-state index is 13.1. The van der Waals surface area contributed by atoms with Gasteiger partial charge in [0.15, 0.2) is 5.89 Å². The molecule has 1 aromatic carbocycles. The fraction of sp³-hybridized carbons (Fsp3) is 0.360. The minimum absolute atomic E-state index is 0.0343. The normalized spacial score (nSPS) is 16.1. The van der Waals surface area contributed by atoms with E-state index in [1.165, 1.54) is 0 Å². The van der Waals surface area contributed by atoms with Gasteiger partial charge in [-0.15, -0.1) is 0 Å². The van der Waals surface area contributed by atoms with Gasteiger partial charge in [0.05, 0.1) is 24.9 Å². The Morgan fingerprint density at radius 3 is 2.94 bits per heavy atom. The van der Waals surface area contributed by atoms with Crippen molar-refractivity contribution < 1.29 is 18.5 Å². The van der Waals surface area contributed by atoms with Crippen molar-refractivity contribution in [1.29, 1.82) is 0 Å². The minimum Gasteiger partial charge on any atom is -0.496 e. The van der Waals surface area contributed by atoms with Gasteiger partial charge in [-0.3, -0.25) is 9.48 Å². The first-order valence-corrected chi connectivity index (χ1v) is 11.3. The van der Waals surface area contributed by atoms with Crippen molar-refractivity contribution in [3.8, 4) is 17.0 Å². The van der Waals surface area contributed by atoms with E-state index in [0.717, 1.165) is 41.2 Å². The molecule has 9 heteroatoms. The van der Waals surface area contributed by atoms with Crippen LogP contribution in [0, 0.1) is 6.92 Å². The van der Waals surface area contributed by atoms with E-state index in [1.54, 1.807) is 29.0 Å². The number of methoxy groups -OCH3 is 1. The third-order valence-electron chi connectivity index (χ3n) is 6.20. The Balaban J connectivity index is 1.27. The van der Waals surface area contributed by atoms with Crippen LogP contribution in [0.5, 0.6) is 5.75 Å². The zero-order chi connectivity index (χ0) is 23.7. The molecule has 4 heterocycles. The molecule has 0 spiro atoms. The monoisotopic (exact) mass is 461 g/mol.